The van der Waals surface area contributed by atoms with E-state index in [1.54, 1.807) is 6.07 Å². The van der Waals surface area contributed by atoms with E-state index in [0.29, 0.717) is 17.4 Å². The highest BCUT2D eigenvalue weighted by atomic mass is 15.2. The summed E-state index contributed by atoms with van der Waals surface area (Å²) in [5.41, 5.74) is 3.37. The fourth-order valence-corrected chi connectivity index (χ4v) is 1.99. The average Bonchev–Trinajstić information content (AvgIpc) is 2.45. The summed E-state index contributed by atoms with van der Waals surface area (Å²) in [5.74, 6) is 0.964. The molecule has 20 heavy (non-hydrogen) atoms. The first-order chi connectivity index (χ1) is 9.52. The summed E-state index contributed by atoms with van der Waals surface area (Å²) in [6.07, 6.45) is 0. The lowest BCUT2D eigenvalue weighted by atomic mass is 10.1. The Morgan fingerprint density at radius 2 is 1.90 bits per heavy atom. The minimum atomic E-state index is 0.343. The first-order valence-electron chi connectivity index (χ1n) is 6.61. The molecule has 0 bridgehead atoms. The molecule has 1 heterocycles. The second kappa shape index (κ2) is 5.70. The average molecular weight is 266 g/mol. The Morgan fingerprint density at radius 3 is 2.55 bits per heavy atom. The molecular weight excluding hydrogens is 248 g/mol. The number of aryl methyl sites for hydroxylation is 1. The van der Waals surface area contributed by atoms with Crippen molar-refractivity contribution < 1.29 is 0 Å². The van der Waals surface area contributed by atoms with Crippen LogP contribution in [0.4, 0.5) is 11.6 Å². The lowest BCUT2D eigenvalue weighted by Gasteiger charge is -2.20. The monoisotopic (exact) mass is 266 g/mol. The van der Waals surface area contributed by atoms with Crippen molar-refractivity contribution >= 4 is 11.6 Å². The normalized spacial score (nSPS) is 10.4. The van der Waals surface area contributed by atoms with Crippen LogP contribution in [0.1, 0.15) is 36.7 Å². The van der Waals surface area contributed by atoms with Crippen LogP contribution >= 0.6 is 0 Å². The van der Waals surface area contributed by atoms with Crippen LogP contribution in [-0.4, -0.2) is 17.0 Å². The molecule has 1 aromatic heterocycles. The summed E-state index contributed by atoms with van der Waals surface area (Å²) < 4.78 is 0. The highest BCUT2D eigenvalue weighted by Crippen LogP contribution is 2.25. The molecule has 2 rings (SSSR count). The number of hydrogen-bond donors (Lipinski definition) is 0. The molecule has 0 saturated carbocycles. The van der Waals surface area contributed by atoms with Gasteiger partial charge in [-0.3, -0.25) is 0 Å². The van der Waals surface area contributed by atoms with Crippen molar-refractivity contribution in [1.82, 2.24) is 9.97 Å². The van der Waals surface area contributed by atoms with E-state index in [0.717, 1.165) is 17.1 Å². The largest absolute Gasteiger partial charge is 0.312 e. The summed E-state index contributed by atoms with van der Waals surface area (Å²) >= 11 is 0. The Labute approximate surface area is 119 Å². The van der Waals surface area contributed by atoms with Crippen LogP contribution in [0.2, 0.25) is 0 Å². The summed E-state index contributed by atoms with van der Waals surface area (Å²) in [5, 5.41) is 9.19. The van der Waals surface area contributed by atoms with Gasteiger partial charge in [0.15, 0.2) is 0 Å². The Hall–Kier alpha value is -2.41. The van der Waals surface area contributed by atoms with Crippen LogP contribution in [-0.2, 0) is 0 Å². The lowest BCUT2D eigenvalue weighted by Crippen LogP contribution is -2.16. The Bertz CT molecular complexity index is 656. The Kier molecular flexibility index (Phi) is 3.99. The molecule has 4 nitrogen and oxygen atoms in total. The van der Waals surface area contributed by atoms with Gasteiger partial charge in [-0.2, -0.15) is 5.26 Å². The summed E-state index contributed by atoms with van der Waals surface area (Å²) in [6.45, 7) is 6.17. The van der Waals surface area contributed by atoms with E-state index < -0.39 is 0 Å². The van der Waals surface area contributed by atoms with Crippen LogP contribution in [0.15, 0.2) is 30.3 Å². The van der Waals surface area contributed by atoms with E-state index in [9.17, 15) is 5.26 Å². The molecule has 0 saturated heterocycles. The van der Waals surface area contributed by atoms with Gasteiger partial charge in [0.05, 0.1) is 11.3 Å². The summed E-state index contributed by atoms with van der Waals surface area (Å²) in [6, 6.07) is 11.7. The predicted octanol–water partition coefficient (Wildman–Crippen LogP) is 3.55. The number of hydrogen-bond acceptors (Lipinski definition) is 4. The van der Waals surface area contributed by atoms with Crippen molar-refractivity contribution in [3.05, 3.63) is 47.3 Å². The molecule has 4 heteroatoms. The maximum absolute atomic E-state index is 9.19. The van der Waals surface area contributed by atoms with Crippen molar-refractivity contribution in [3.63, 3.8) is 0 Å². The van der Waals surface area contributed by atoms with E-state index in [2.05, 4.69) is 29.9 Å². The number of benzene rings is 1. The smallest absolute Gasteiger partial charge is 0.230 e. The van der Waals surface area contributed by atoms with Crippen molar-refractivity contribution in [3.8, 4) is 6.07 Å². The SMILES string of the molecule is Cc1cc(C(C)C)nc(N(C)c2ccccc2C#N)n1. The van der Waals surface area contributed by atoms with Crippen LogP contribution < -0.4 is 4.90 Å². The summed E-state index contributed by atoms with van der Waals surface area (Å²) in [4.78, 5) is 10.9. The minimum absolute atomic E-state index is 0.343. The Morgan fingerprint density at radius 1 is 1.20 bits per heavy atom. The zero-order chi connectivity index (χ0) is 14.7. The van der Waals surface area contributed by atoms with Gasteiger partial charge in [-0.05, 0) is 31.0 Å². The number of aromatic nitrogens is 2. The molecule has 0 N–H and O–H groups in total. The van der Waals surface area contributed by atoms with Gasteiger partial charge in [-0.1, -0.05) is 26.0 Å². The highest BCUT2D eigenvalue weighted by molar-refractivity contribution is 5.65. The highest BCUT2D eigenvalue weighted by Gasteiger charge is 2.13. The molecule has 0 aliphatic carbocycles. The fraction of sp³-hybridized carbons (Fsp3) is 0.312. The van der Waals surface area contributed by atoms with Crippen LogP contribution in [0.5, 0.6) is 0 Å². The van der Waals surface area contributed by atoms with Gasteiger partial charge in [-0.15, -0.1) is 0 Å². The third kappa shape index (κ3) is 2.77. The quantitative estimate of drug-likeness (QED) is 0.852. The molecule has 0 aliphatic heterocycles. The maximum atomic E-state index is 9.19. The minimum Gasteiger partial charge on any atom is -0.312 e. The van der Waals surface area contributed by atoms with E-state index in [1.807, 2.05) is 43.1 Å². The maximum Gasteiger partial charge on any atom is 0.230 e. The van der Waals surface area contributed by atoms with Crippen molar-refractivity contribution in [2.24, 2.45) is 0 Å². The Balaban J connectivity index is 2.48. The topological polar surface area (TPSA) is 52.8 Å². The third-order valence-electron chi connectivity index (χ3n) is 3.14. The van der Waals surface area contributed by atoms with Gasteiger partial charge in [-0.25, -0.2) is 9.97 Å². The molecular formula is C16H18N4. The zero-order valence-corrected chi connectivity index (χ0v) is 12.3. The molecule has 0 amide bonds. The molecule has 0 aliphatic rings. The molecule has 0 atom stereocenters. The van der Waals surface area contributed by atoms with Gasteiger partial charge in [0.25, 0.3) is 0 Å². The van der Waals surface area contributed by atoms with E-state index >= 15 is 0 Å². The van der Waals surface area contributed by atoms with Crippen molar-refractivity contribution in [1.29, 1.82) is 5.26 Å². The number of para-hydroxylation sites is 1. The number of anilines is 2. The zero-order valence-electron chi connectivity index (χ0n) is 12.3. The van der Waals surface area contributed by atoms with Gasteiger partial charge in [0.2, 0.25) is 5.95 Å². The van der Waals surface area contributed by atoms with Crippen LogP contribution in [0.3, 0.4) is 0 Å². The third-order valence-corrected chi connectivity index (χ3v) is 3.14. The molecule has 0 fully saturated rings. The molecule has 0 radical (unpaired) electrons. The van der Waals surface area contributed by atoms with Gasteiger partial charge < -0.3 is 4.90 Å². The molecule has 1 aromatic carbocycles. The van der Waals surface area contributed by atoms with E-state index in [-0.39, 0.29) is 0 Å². The van der Waals surface area contributed by atoms with Gasteiger partial charge in [0.1, 0.15) is 6.07 Å². The molecule has 2 aromatic rings. The number of nitrogens with zero attached hydrogens (tertiary/aromatic N) is 4. The van der Waals surface area contributed by atoms with Crippen LogP contribution in [0.25, 0.3) is 0 Å². The first kappa shape index (κ1) is 14.0. The van der Waals surface area contributed by atoms with Gasteiger partial charge in [0, 0.05) is 18.4 Å². The number of rotatable bonds is 3. The van der Waals surface area contributed by atoms with Crippen LogP contribution in [0, 0.1) is 18.3 Å². The lowest BCUT2D eigenvalue weighted by molar-refractivity contribution is 0.804. The standard InChI is InChI=1S/C16H18N4/c1-11(2)14-9-12(3)18-16(19-14)20(4)15-8-6-5-7-13(15)10-17/h5-9,11H,1-4H3. The van der Waals surface area contributed by atoms with Crippen molar-refractivity contribution in [2.45, 2.75) is 26.7 Å². The number of nitriles is 1. The fourth-order valence-electron chi connectivity index (χ4n) is 1.99. The second-order valence-electron chi connectivity index (χ2n) is 5.08. The summed E-state index contributed by atoms with van der Waals surface area (Å²) in [7, 11) is 1.88. The van der Waals surface area contributed by atoms with Gasteiger partial charge >= 0.3 is 0 Å². The molecule has 0 unspecified atom stereocenters. The van der Waals surface area contributed by atoms with E-state index in [4.69, 9.17) is 0 Å². The molecule has 102 valence electrons. The van der Waals surface area contributed by atoms with Crippen molar-refractivity contribution in [2.75, 3.05) is 11.9 Å². The predicted molar refractivity (Wildman–Crippen MR) is 80.1 cm³/mol. The van der Waals surface area contributed by atoms with E-state index in [1.165, 1.54) is 0 Å². The first-order valence-corrected chi connectivity index (χ1v) is 6.61. The second-order valence-corrected chi connectivity index (χ2v) is 5.08. The molecule has 0 spiro atoms.